The van der Waals surface area contributed by atoms with Crippen LogP contribution in [-0.2, 0) is 9.59 Å². The summed E-state index contributed by atoms with van der Waals surface area (Å²) in [6, 6.07) is 11.7. The Morgan fingerprint density at radius 2 is 1.93 bits per heavy atom. The van der Waals surface area contributed by atoms with Gasteiger partial charge in [-0.1, -0.05) is 29.8 Å². The lowest BCUT2D eigenvalue weighted by molar-refractivity contribution is -0.116. The van der Waals surface area contributed by atoms with Crippen molar-refractivity contribution in [3.8, 4) is 0 Å². The minimum Gasteiger partial charge on any atom is -0.362 e. The van der Waals surface area contributed by atoms with Crippen LogP contribution in [0.15, 0.2) is 71.3 Å². The average molecular weight is 373 g/mol. The standard InChI is InChI=1S/C23H23N3O2/c1-14-8-10-16(11-9-14)21-20(23(28)26-17-5-4-12-24-13-17)15(2)25-18-6-3-7-19(27)22(18)21/h4-5,8-13,21,25H,3,6-7H2,1-2H3,(H,26,28)/t21-/m1/s1. The topological polar surface area (TPSA) is 71.1 Å². The second-order valence-corrected chi connectivity index (χ2v) is 7.37. The SMILES string of the molecule is CC1=C(C(=O)Nc2cccnc2)[C@@H](c2ccc(C)cc2)C2=C(CCCC2=O)N1. The normalized spacial score (nSPS) is 19.2. The molecule has 2 N–H and O–H groups in total. The fourth-order valence-electron chi connectivity index (χ4n) is 4.01. The second-order valence-electron chi connectivity index (χ2n) is 7.37. The van der Waals surface area contributed by atoms with Crippen molar-refractivity contribution in [2.75, 3.05) is 5.32 Å². The van der Waals surface area contributed by atoms with Crippen LogP contribution in [0, 0.1) is 6.92 Å². The van der Waals surface area contributed by atoms with E-state index in [4.69, 9.17) is 0 Å². The van der Waals surface area contributed by atoms with Crippen LogP contribution >= 0.6 is 0 Å². The van der Waals surface area contributed by atoms with Gasteiger partial charge in [-0.2, -0.15) is 0 Å². The maximum absolute atomic E-state index is 13.2. The molecule has 0 spiro atoms. The lowest BCUT2D eigenvalue weighted by Gasteiger charge is -2.34. The van der Waals surface area contributed by atoms with E-state index in [2.05, 4.69) is 15.6 Å². The highest BCUT2D eigenvalue weighted by molar-refractivity contribution is 6.09. The van der Waals surface area contributed by atoms with E-state index >= 15 is 0 Å². The number of hydrogen-bond donors (Lipinski definition) is 2. The van der Waals surface area contributed by atoms with E-state index in [1.807, 2.05) is 38.1 Å². The maximum atomic E-state index is 13.2. The molecular formula is C23H23N3O2. The molecule has 1 aromatic carbocycles. The molecule has 1 aromatic heterocycles. The fourth-order valence-corrected chi connectivity index (χ4v) is 4.01. The van der Waals surface area contributed by atoms with Crippen molar-refractivity contribution in [3.63, 3.8) is 0 Å². The number of pyridine rings is 1. The zero-order valence-electron chi connectivity index (χ0n) is 16.1. The molecule has 0 unspecified atom stereocenters. The Bertz CT molecular complexity index is 988. The maximum Gasteiger partial charge on any atom is 0.254 e. The molecule has 4 rings (SSSR count). The number of carbonyl (C=O) groups excluding carboxylic acids is 2. The zero-order valence-corrected chi connectivity index (χ0v) is 16.1. The fraction of sp³-hybridized carbons (Fsp3) is 0.261. The molecule has 0 saturated carbocycles. The van der Waals surface area contributed by atoms with Crippen molar-refractivity contribution < 1.29 is 9.59 Å². The summed E-state index contributed by atoms with van der Waals surface area (Å²) in [5.41, 5.74) is 5.80. The van der Waals surface area contributed by atoms with E-state index in [0.29, 0.717) is 17.7 Å². The number of nitrogens with zero attached hydrogens (tertiary/aromatic N) is 1. The number of aryl methyl sites for hydroxylation is 1. The Kier molecular flexibility index (Phi) is 4.82. The van der Waals surface area contributed by atoms with Crippen LogP contribution in [0.25, 0.3) is 0 Å². The highest BCUT2D eigenvalue weighted by atomic mass is 16.2. The van der Waals surface area contributed by atoms with Gasteiger partial charge in [0.15, 0.2) is 5.78 Å². The number of nitrogens with one attached hydrogen (secondary N) is 2. The molecule has 1 atom stereocenters. The first kappa shape index (κ1) is 18.2. The third-order valence-corrected chi connectivity index (χ3v) is 5.35. The van der Waals surface area contributed by atoms with Crippen LogP contribution in [0.4, 0.5) is 5.69 Å². The number of amides is 1. The van der Waals surface area contributed by atoms with E-state index in [9.17, 15) is 9.59 Å². The number of ketones is 1. The molecule has 1 amide bonds. The van der Waals surface area contributed by atoms with Crippen molar-refractivity contribution >= 4 is 17.4 Å². The lowest BCUT2D eigenvalue weighted by Crippen LogP contribution is -2.35. The molecule has 2 aromatic rings. The zero-order chi connectivity index (χ0) is 19.7. The van der Waals surface area contributed by atoms with Gasteiger partial charge in [-0.25, -0.2) is 0 Å². The molecule has 0 radical (unpaired) electrons. The van der Waals surface area contributed by atoms with Crippen molar-refractivity contribution in [3.05, 3.63) is 82.5 Å². The molecule has 0 fully saturated rings. The van der Waals surface area contributed by atoms with Gasteiger partial charge in [0, 0.05) is 41.1 Å². The van der Waals surface area contributed by atoms with Gasteiger partial charge in [0.25, 0.3) is 5.91 Å². The predicted molar refractivity (Wildman–Crippen MR) is 109 cm³/mol. The molecule has 2 heterocycles. The molecule has 142 valence electrons. The van der Waals surface area contributed by atoms with Gasteiger partial charge >= 0.3 is 0 Å². The summed E-state index contributed by atoms with van der Waals surface area (Å²) < 4.78 is 0. The average Bonchev–Trinajstić information content (AvgIpc) is 2.68. The highest BCUT2D eigenvalue weighted by Gasteiger charge is 2.38. The van der Waals surface area contributed by atoms with Gasteiger partial charge < -0.3 is 10.6 Å². The molecule has 0 saturated heterocycles. The highest BCUT2D eigenvalue weighted by Crippen LogP contribution is 2.42. The van der Waals surface area contributed by atoms with Gasteiger partial charge in [0.2, 0.25) is 0 Å². The first-order valence-corrected chi connectivity index (χ1v) is 9.56. The summed E-state index contributed by atoms with van der Waals surface area (Å²) in [6.07, 6.45) is 5.48. The number of dihydropyridines is 1. The molecule has 5 nitrogen and oxygen atoms in total. The monoisotopic (exact) mass is 373 g/mol. The molecule has 28 heavy (non-hydrogen) atoms. The number of hydrogen-bond acceptors (Lipinski definition) is 4. The first-order valence-electron chi connectivity index (χ1n) is 9.56. The number of carbonyl (C=O) groups is 2. The number of rotatable bonds is 3. The number of anilines is 1. The third kappa shape index (κ3) is 3.36. The molecule has 5 heteroatoms. The van der Waals surface area contributed by atoms with E-state index in [1.165, 1.54) is 0 Å². The van der Waals surface area contributed by atoms with Crippen molar-refractivity contribution in [1.82, 2.24) is 10.3 Å². The summed E-state index contributed by atoms with van der Waals surface area (Å²) in [4.78, 5) is 30.1. The molecule has 2 aliphatic rings. The van der Waals surface area contributed by atoms with E-state index < -0.39 is 0 Å². The Hall–Kier alpha value is -3.21. The van der Waals surface area contributed by atoms with E-state index in [-0.39, 0.29) is 17.6 Å². The van der Waals surface area contributed by atoms with Gasteiger partial charge in [0.1, 0.15) is 0 Å². The minimum absolute atomic E-state index is 0.124. The number of Topliss-reactive ketones (excluding diaryl/α,β-unsaturated/α-hetero) is 1. The third-order valence-electron chi connectivity index (χ3n) is 5.35. The lowest BCUT2D eigenvalue weighted by atomic mass is 9.75. The number of aromatic nitrogens is 1. The van der Waals surface area contributed by atoms with Crippen LogP contribution < -0.4 is 10.6 Å². The van der Waals surface area contributed by atoms with Gasteiger partial charge in [-0.3, -0.25) is 14.6 Å². The largest absolute Gasteiger partial charge is 0.362 e. The summed E-state index contributed by atoms with van der Waals surface area (Å²) in [5, 5.41) is 6.27. The van der Waals surface area contributed by atoms with Crippen LogP contribution in [0.1, 0.15) is 43.2 Å². The second kappa shape index (κ2) is 7.43. The first-order chi connectivity index (χ1) is 13.5. The van der Waals surface area contributed by atoms with Gasteiger partial charge in [0.05, 0.1) is 11.9 Å². The Labute approximate surface area is 164 Å². The smallest absolute Gasteiger partial charge is 0.254 e. The van der Waals surface area contributed by atoms with Crippen LogP contribution in [-0.4, -0.2) is 16.7 Å². The summed E-state index contributed by atoms with van der Waals surface area (Å²) in [7, 11) is 0. The predicted octanol–water partition coefficient (Wildman–Crippen LogP) is 4.00. The summed E-state index contributed by atoms with van der Waals surface area (Å²) in [5.74, 6) is -0.451. The van der Waals surface area contributed by atoms with Crippen LogP contribution in [0.3, 0.4) is 0 Å². The molecule has 1 aliphatic heterocycles. The number of allylic oxidation sites excluding steroid dienone is 3. The number of benzene rings is 1. The van der Waals surface area contributed by atoms with Gasteiger partial charge in [-0.15, -0.1) is 0 Å². The molecule has 0 bridgehead atoms. The van der Waals surface area contributed by atoms with Crippen LogP contribution in [0.2, 0.25) is 0 Å². The van der Waals surface area contributed by atoms with Crippen molar-refractivity contribution in [2.45, 2.75) is 39.0 Å². The quantitative estimate of drug-likeness (QED) is 0.853. The van der Waals surface area contributed by atoms with Crippen molar-refractivity contribution in [2.24, 2.45) is 0 Å². The molecular weight excluding hydrogens is 350 g/mol. The minimum atomic E-state index is -0.360. The van der Waals surface area contributed by atoms with Crippen molar-refractivity contribution in [1.29, 1.82) is 0 Å². The van der Waals surface area contributed by atoms with E-state index in [0.717, 1.165) is 40.9 Å². The van der Waals surface area contributed by atoms with Crippen LogP contribution in [0.5, 0.6) is 0 Å². The summed E-state index contributed by atoms with van der Waals surface area (Å²) >= 11 is 0. The van der Waals surface area contributed by atoms with Gasteiger partial charge in [-0.05, 0) is 44.4 Å². The van der Waals surface area contributed by atoms with E-state index in [1.54, 1.807) is 24.5 Å². The summed E-state index contributed by atoms with van der Waals surface area (Å²) in [6.45, 7) is 3.93. The Morgan fingerprint density at radius 3 is 2.64 bits per heavy atom. The Balaban J connectivity index is 1.79. The Morgan fingerprint density at radius 1 is 1.14 bits per heavy atom. The molecule has 1 aliphatic carbocycles.